The van der Waals surface area contributed by atoms with Crippen molar-refractivity contribution < 1.29 is 42.1 Å². The minimum Gasteiger partial charge on any atom is -0.462 e. The Balaban J connectivity index is 4.55. The number of unbranched alkanes of at least 4 members (excludes halogenated alkanes) is 8. The molecule has 0 aliphatic heterocycles. The van der Waals surface area contributed by atoms with Crippen LogP contribution in [0.3, 0.4) is 0 Å². The number of hydrogen-bond acceptors (Lipinski definition) is 7. The third-order valence-electron chi connectivity index (χ3n) is 8.57. The Morgan fingerprint density at radius 2 is 0.983 bits per heavy atom. The fourth-order valence-electron chi connectivity index (χ4n) is 5.11. The van der Waals surface area contributed by atoms with E-state index in [-0.39, 0.29) is 26.1 Å². The number of nitrogens with zero attached hydrogens (tertiary/aromatic N) is 1. The van der Waals surface area contributed by atoms with E-state index in [0.29, 0.717) is 30.3 Å². The minimum atomic E-state index is -4.40. The zero-order chi connectivity index (χ0) is 42.8. The summed E-state index contributed by atoms with van der Waals surface area (Å²) >= 11 is 0. The number of allylic oxidation sites excluding steroid dienone is 16. The molecule has 0 aromatic rings. The van der Waals surface area contributed by atoms with Gasteiger partial charge in [-0.05, 0) is 89.9 Å². The van der Waals surface area contributed by atoms with Crippen molar-refractivity contribution in [2.75, 3.05) is 47.5 Å². The van der Waals surface area contributed by atoms with Gasteiger partial charge in [0.15, 0.2) is 6.10 Å². The molecule has 0 aliphatic rings. The number of carbonyl (C=O) groups is 2. The van der Waals surface area contributed by atoms with E-state index in [1.54, 1.807) is 0 Å². The van der Waals surface area contributed by atoms with Crippen molar-refractivity contribution >= 4 is 19.8 Å². The van der Waals surface area contributed by atoms with E-state index in [4.69, 9.17) is 18.5 Å². The number of rotatable bonds is 38. The molecule has 330 valence electrons. The van der Waals surface area contributed by atoms with Crippen LogP contribution >= 0.6 is 7.82 Å². The maximum absolute atomic E-state index is 12.7. The monoisotopic (exact) mass is 831 g/mol. The number of likely N-dealkylation sites (N-methyl/N-ethyl adjacent to an activating group) is 1. The predicted molar refractivity (Wildman–Crippen MR) is 242 cm³/mol. The van der Waals surface area contributed by atoms with Gasteiger partial charge in [0.2, 0.25) is 0 Å². The molecule has 1 N–H and O–H groups in total. The fourth-order valence-corrected chi connectivity index (χ4v) is 5.85. The van der Waals surface area contributed by atoms with Gasteiger partial charge in [0.05, 0.1) is 27.7 Å². The molecule has 10 heteroatoms. The normalized spacial score (nSPS) is 14.5. The third kappa shape index (κ3) is 42.5. The molecule has 0 aliphatic carbocycles. The first kappa shape index (κ1) is 54.9. The van der Waals surface area contributed by atoms with E-state index < -0.39 is 32.5 Å². The van der Waals surface area contributed by atoms with Crippen LogP contribution < -0.4 is 0 Å². The molecule has 0 fully saturated rings. The molecule has 0 aromatic heterocycles. The summed E-state index contributed by atoms with van der Waals surface area (Å²) < 4.78 is 34.2. The Morgan fingerprint density at radius 3 is 1.47 bits per heavy atom. The largest absolute Gasteiger partial charge is 0.472 e. The Bertz CT molecular complexity index is 1300. The number of quaternary nitrogens is 1. The number of phosphoric acid groups is 1. The average Bonchev–Trinajstić information content (AvgIpc) is 3.17. The first-order valence-electron chi connectivity index (χ1n) is 22.0. The van der Waals surface area contributed by atoms with Gasteiger partial charge >= 0.3 is 19.8 Å². The van der Waals surface area contributed by atoms with Gasteiger partial charge in [-0.15, -0.1) is 0 Å². The molecule has 0 heterocycles. The smallest absolute Gasteiger partial charge is 0.462 e. The molecule has 0 saturated heterocycles. The predicted octanol–water partition coefficient (Wildman–Crippen LogP) is 12.6. The molecule has 0 saturated carbocycles. The third-order valence-corrected chi connectivity index (χ3v) is 9.55. The Morgan fingerprint density at radius 1 is 0.534 bits per heavy atom. The van der Waals surface area contributed by atoms with Crippen LogP contribution in [0.2, 0.25) is 0 Å². The van der Waals surface area contributed by atoms with Crippen molar-refractivity contribution in [1.82, 2.24) is 0 Å². The van der Waals surface area contributed by atoms with Crippen LogP contribution in [0.15, 0.2) is 97.2 Å². The number of phosphoric ester groups is 1. The lowest BCUT2D eigenvalue weighted by Crippen LogP contribution is -2.37. The number of ether oxygens (including phenoxy) is 2. The van der Waals surface area contributed by atoms with Crippen molar-refractivity contribution in [2.45, 2.75) is 148 Å². The molecule has 2 atom stereocenters. The number of hydrogen-bond donors (Lipinski definition) is 1. The average molecular weight is 831 g/mol. The first-order chi connectivity index (χ1) is 28.0. The highest BCUT2D eigenvalue weighted by atomic mass is 31.2. The summed E-state index contributed by atoms with van der Waals surface area (Å²) in [5, 5.41) is 0. The van der Waals surface area contributed by atoms with Crippen molar-refractivity contribution in [3.63, 3.8) is 0 Å². The lowest BCUT2D eigenvalue weighted by molar-refractivity contribution is -0.870. The van der Waals surface area contributed by atoms with Gasteiger partial charge in [0, 0.05) is 12.8 Å². The fraction of sp³-hybridized carbons (Fsp3) is 0.625. The molecule has 0 spiro atoms. The summed E-state index contributed by atoms with van der Waals surface area (Å²) in [6.45, 7) is 4.19. The van der Waals surface area contributed by atoms with Gasteiger partial charge in [-0.3, -0.25) is 18.6 Å². The lowest BCUT2D eigenvalue weighted by Gasteiger charge is -2.24. The van der Waals surface area contributed by atoms with Crippen molar-refractivity contribution in [3.05, 3.63) is 97.2 Å². The van der Waals surface area contributed by atoms with Crippen LogP contribution in [0.25, 0.3) is 0 Å². The summed E-state index contributed by atoms with van der Waals surface area (Å²) in [4.78, 5) is 35.3. The summed E-state index contributed by atoms with van der Waals surface area (Å²) in [5.74, 6) is -0.912. The molecule has 0 bridgehead atoms. The molecular formula is C48H81NO8P+. The molecular weight excluding hydrogens is 750 g/mol. The second-order valence-electron chi connectivity index (χ2n) is 15.4. The molecule has 58 heavy (non-hydrogen) atoms. The van der Waals surface area contributed by atoms with Crippen molar-refractivity contribution in [2.24, 2.45) is 0 Å². The van der Waals surface area contributed by atoms with E-state index in [0.717, 1.165) is 64.2 Å². The van der Waals surface area contributed by atoms with Crippen LogP contribution in [-0.2, 0) is 32.7 Å². The number of carbonyl (C=O) groups excluding carboxylic acids is 2. The van der Waals surface area contributed by atoms with Gasteiger partial charge in [-0.1, -0.05) is 137 Å². The highest BCUT2D eigenvalue weighted by Gasteiger charge is 2.27. The van der Waals surface area contributed by atoms with Gasteiger partial charge in [-0.2, -0.15) is 0 Å². The minimum absolute atomic E-state index is 0.0104. The van der Waals surface area contributed by atoms with E-state index in [1.807, 2.05) is 27.2 Å². The summed E-state index contributed by atoms with van der Waals surface area (Å²) in [7, 11) is 1.40. The molecule has 0 radical (unpaired) electrons. The van der Waals surface area contributed by atoms with Gasteiger partial charge < -0.3 is 18.9 Å². The maximum atomic E-state index is 12.7. The Labute approximate surface area is 353 Å². The van der Waals surface area contributed by atoms with Gasteiger partial charge in [0.1, 0.15) is 19.8 Å². The molecule has 0 amide bonds. The van der Waals surface area contributed by atoms with E-state index in [1.165, 1.54) is 32.1 Å². The van der Waals surface area contributed by atoms with Crippen molar-refractivity contribution in [3.8, 4) is 0 Å². The molecule has 0 aromatic carbocycles. The van der Waals surface area contributed by atoms with Crippen LogP contribution in [-0.4, -0.2) is 74.9 Å². The quantitative estimate of drug-likeness (QED) is 0.0215. The molecule has 0 rings (SSSR count). The second-order valence-corrected chi connectivity index (χ2v) is 16.8. The standard InChI is InChI=1S/C48H80NO8P/c1-6-8-10-12-14-16-18-20-22-24-26-28-30-32-34-36-38-40-47(50)54-44-46(45-56-58(52,53)55-43-42-49(3,4)5)57-48(51)41-39-37-35-33-31-29-27-25-23-21-19-17-15-13-11-9-7-2/h10,12,15-18,21-24,27-30,33,35,46H,6-9,11,13-14,19-20,25-26,31-32,34,36-45H2,1-5H3/p+1/b12-10+,17-15+,18-16+,23-21+,24-22+,29-27+,30-28+,35-33+/t46-/m1/s1. The van der Waals surface area contributed by atoms with E-state index in [2.05, 4.69) is 105 Å². The van der Waals surface area contributed by atoms with Crippen LogP contribution in [0.4, 0.5) is 0 Å². The zero-order valence-corrected chi connectivity index (χ0v) is 37.9. The van der Waals surface area contributed by atoms with Crippen LogP contribution in [0.1, 0.15) is 142 Å². The zero-order valence-electron chi connectivity index (χ0n) is 37.0. The maximum Gasteiger partial charge on any atom is 0.472 e. The second kappa shape index (κ2) is 39.4. The van der Waals surface area contributed by atoms with Gasteiger partial charge in [0.25, 0.3) is 0 Å². The van der Waals surface area contributed by atoms with Crippen molar-refractivity contribution in [1.29, 1.82) is 0 Å². The van der Waals surface area contributed by atoms with Gasteiger partial charge in [-0.25, -0.2) is 4.57 Å². The summed E-state index contributed by atoms with van der Waals surface area (Å²) in [6.07, 6.45) is 51.8. The highest BCUT2D eigenvalue weighted by molar-refractivity contribution is 7.47. The van der Waals surface area contributed by atoms with E-state index in [9.17, 15) is 19.0 Å². The summed E-state index contributed by atoms with van der Waals surface area (Å²) in [6, 6.07) is 0. The lowest BCUT2D eigenvalue weighted by atomic mass is 10.1. The Kier molecular flexibility index (Phi) is 37.3. The van der Waals surface area contributed by atoms with Crippen LogP contribution in [0.5, 0.6) is 0 Å². The summed E-state index contributed by atoms with van der Waals surface area (Å²) in [5.41, 5.74) is 0. The SMILES string of the molecule is CCC/C=C/C/C=C/C/C=C/C/C=C/CCCCCC(=O)OC[C@H](COP(=O)(O)OCC[N+](C)(C)C)OC(=O)CCC/C=C/C/C=C/C/C=C/C/C=C/CCCCC. The molecule has 1 unspecified atom stereocenters. The van der Waals surface area contributed by atoms with E-state index >= 15 is 0 Å². The number of esters is 2. The first-order valence-corrected chi connectivity index (χ1v) is 23.5. The van der Waals surface area contributed by atoms with Crippen LogP contribution in [0, 0.1) is 0 Å². The Hall–Kier alpha value is -3.07. The molecule has 9 nitrogen and oxygen atoms in total. The topological polar surface area (TPSA) is 108 Å². The highest BCUT2D eigenvalue weighted by Crippen LogP contribution is 2.43.